The van der Waals surface area contributed by atoms with E-state index < -0.39 is 0 Å². The minimum absolute atomic E-state index is 0.461. The van der Waals surface area contributed by atoms with Gasteiger partial charge in [-0.25, -0.2) is 0 Å². The van der Waals surface area contributed by atoms with Crippen LogP contribution < -0.4 is 0 Å². The van der Waals surface area contributed by atoms with Crippen molar-refractivity contribution < 1.29 is 5.11 Å². The zero-order valence-electron chi connectivity index (χ0n) is 13.1. The molecule has 0 aliphatic rings. The van der Waals surface area contributed by atoms with Crippen molar-refractivity contribution in [1.82, 2.24) is 0 Å². The Hall–Kier alpha value is -0.630. The van der Waals surface area contributed by atoms with Gasteiger partial charge in [0.1, 0.15) is 5.75 Å². The lowest BCUT2D eigenvalue weighted by atomic mass is 9.96. The molecule has 0 unspecified atom stereocenters. The highest BCUT2D eigenvalue weighted by Gasteiger charge is 2.10. The molecule has 114 valence electrons. The molecule has 0 atom stereocenters. The number of aromatic hydroxyl groups is 1. The lowest BCUT2D eigenvalue weighted by molar-refractivity contribution is 0.463. The third kappa shape index (κ3) is 5.78. The molecule has 2 heteroatoms. The number of phenols is 1. The molecule has 1 N–H and O–H groups in total. The highest BCUT2D eigenvalue weighted by Crippen LogP contribution is 2.30. The third-order valence-corrected chi connectivity index (χ3v) is 4.36. The van der Waals surface area contributed by atoms with Gasteiger partial charge >= 0.3 is 0 Å². The van der Waals surface area contributed by atoms with E-state index in [9.17, 15) is 5.11 Å². The summed E-state index contributed by atoms with van der Waals surface area (Å²) in [6.07, 6.45) is 12.1. The van der Waals surface area contributed by atoms with Crippen LogP contribution >= 0.6 is 12.6 Å². The summed E-state index contributed by atoms with van der Waals surface area (Å²) in [5.74, 6) is 0.461. The molecule has 0 saturated heterocycles. The molecule has 0 amide bonds. The standard InChI is InChI=1S/C18H30OS/c1-3-5-7-8-9-10-12-15-16(11-6-4-2)18(20)14-13-17(15)19/h13-14,19-20H,3-12H2,1-2H3. The third-order valence-electron chi connectivity index (χ3n) is 3.94. The Kier molecular flexibility index (Phi) is 8.84. The van der Waals surface area contributed by atoms with Gasteiger partial charge in [-0.05, 0) is 48.9 Å². The summed E-state index contributed by atoms with van der Waals surface area (Å²) in [4.78, 5) is 1.04. The molecule has 0 fully saturated rings. The second-order valence-electron chi connectivity index (χ2n) is 5.68. The molecule has 0 spiro atoms. The Morgan fingerprint density at radius 1 is 0.800 bits per heavy atom. The van der Waals surface area contributed by atoms with E-state index in [0.29, 0.717) is 5.75 Å². The van der Waals surface area contributed by atoms with Crippen molar-refractivity contribution >= 4 is 12.6 Å². The molecule has 0 aliphatic carbocycles. The first kappa shape index (κ1) is 17.4. The van der Waals surface area contributed by atoms with Crippen molar-refractivity contribution in [2.45, 2.75) is 83.0 Å². The first-order valence-electron chi connectivity index (χ1n) is 8.23. The Bertz CT molecular complexity index is 387. The van der Waals surface area contributed by atoms with Gasteiger partial charge in [0.15, 0.2) is 0 Å². The molecular weight excluding hydrogens is 264 g/mol. The Morgan fingerprint density at radius 2 is 1.40 bits per heavy atom. The predicted molar refractivity (Wildman–Crippen MR) is 91.1 cm³/mol. The largest absolute Gasteiger partial charge is 0.508 e. The molecule has 1 rings (SSSR count). The second kappa shape index (κ2) is 10.1. The zero-order valence-corrected chi connectivity index (χ0v) is 14.0. The topological polar surface area (TPSA) is 20.2 Å². The molecule has 1 nitrogen and oxygen atoms in total. The lowest BCUT2D eigenvalue weighted by Crippen LogP contribution is -1.98. The van der Waals surface area contributed by atoms with E-state index in [-0.39, 0.29) is 0 Å². The van der Waals surface area contributed by atoms with Gasteiger partial charge in [-0.15, -0.1) is 12.6 Å². The summed E-state index contributed by atoms with van der Waals surface area (Å²) in [5, 5.41) is 10.1. The summed E-state index contributed by atoms with van der Waals surface area (Å²) >= 11 is 4.57. The van der Waals surface area contributed by atoms with Crippen LogP contribution in [-0.2, 0) is 12.8 Å². The number of thiol groups is 1. The second-order valence-corrected chi connectivity index (χ2v) is 6.16. The van der Waals surface area contributed by atoms with Crippen LogP contribution in [0.15, 0.2) is 17.0 Å². The first-order valence-corrected chi connectivity index (χ1v) is 8.68. The molecule has 1 aromatic carbocycles. The van der Waals surface area contributed by atoms with Gasteiger partial charge in [0.2, 0.25) is 0 Å². The van der Waals surface area contributed by atoms with Crippen molar-refractivity contribution in [3.8, 4) is 5.75 Å². The maximum absolute atomic E-state index is 10.1. The quantitative estimate of drug-likeness (QED) is 0.405. The van der Waals surface area contributed by atoms with Gasteiger partial charge in [-0.1, -0.05) is 52.4 Å². The van der Waals surface area contributed by atoms with Crippen LogP contribution in [0.5, 0.6) is 5.75 Å². The maximum atomic E-state index is 10.1. The van der Waals surface area contributed by atoms with Crippen molar-refractivity contribution in [3.05, 3.63) is 23.3 Å². The summed E-state index contributed by atoms with van der Waals surface area (Å²) in [6.45, 7) is 4.45. The minimum atomic E-state index is 0.461. The molecule has 0 saturated carbocycles. The number of hydrogen-bond donors (Lipinski definition) is 2. The summed E-state index contributed by atoms with van der Waals surface area (Å²) in [6, 6.07) is 3.72. The normalized spacial score (nSPS) is 10.9. The summed E-state index contributed by atoms with van der Waals surface area (Å²) < 4.78 is 0. The van der Waals surface area contributed by atoms with E-state index in [4.69, 9.17) is 0 Å². The Labute approximate surface area is 130 Å². The van der Waals surface area contributed by atoms with Crippen molar-refractivity contribution in [2.24, 2.45) is 0 Å². The van der Waals surface area contributed by atoms with E-state index in [1.807, 2.05) is 6.07 Å². The Morgan fingerprint density at radius 3 is 2.10 bits per heavy atom. The average Bonchev–Trinajstić information content (AvgIpc) is 2.45. The smallest absolute Gasteiger partial charge is 0.119 e. The molecule has 0 radical (unpaired) electrons. The van der Waals surface area contributed by atoms with Gasteiger partial charge in [-0.2, -0.15) is 0 Å². The van der Waals surface area contributed by atoms with E-state index in [1.54, 1.807) is 6.07 Å². The van der Waals surface area contributed by atoms with Crippen molar-refractivity contribution in [3.63, 3.8) is 0 Å². The van der Waals surface area contributed by atoms with Crippen molar-refractivity contribution in [1.29, 1.82) is 0 Å². The van der Waals surface area contributed by atoms with Crippen LogP contribution in [-0.4, -0.2) is 5.11 Å². The highest BCUT2D eigenvalue weighted by atomic mass is 32.1. The van der Waals surface area contributed by atoms with E-state index in [0.717, 1.165) is 23.3 Å². The number of benzene rings is 1. The van der Waals surface area contributed by atoms with Gasteiger partial charge in [0.05, 0.1) is 0 Å². The monoisotopic (exact) mass is 294 g/mol. The number of unbranched alkanes of at least 4 members (excludes halogenated alkanes) is 6. The summed E-state index contributed by atoms with van der Waals surface area (Å²) in [7, 11) is 0. The maximum Gasteiger partial charge on any atom is 0.119 e. The zero-order chi connectivity index (χ0) is 14.8. The van der Waals surface area contributed by atoms with E-state index in [2.05, 4.69) is 26.5 Å². The number of hydrogen-bond acceptors (Lipinski definition) is 2. The predicted octanol–water partition coefficient (Wildman–Crippen LogP) is 5.93. The van der Waals surface area contributed by atoms with Gasteiger partial charge < -0.3 is 5.11 Å². The molecular formula is C18H30OS. The molecule has 0 heterocycles. The van der Waals surface area contributed by atoms with Crippen LogP contribution in [0.1, 0.15) is 76.3 Å². The fraction of sp³-hybridized carbons (Fsp3) is 0.667. The molecule has 0 aliphatic heterocycles. The fourth-order valence-corrected chi connectivity index (χ4v) is 2.98. The molecule has 1 aromatic rings. The van der Waals surface area contributed by atoms with Crippen LogP contribution in [0.2, 0.25) is 0 Å². The SMILES string of the molecule is CCCCCCCCc1c(O)ccc(S)c1CCCC. The Balaban J connectivity index is 2.56. The van der Waals surface area contributed by atoms with Gasteiger partial charge in [0, 0.05) is 4.90 Å². The van der Waals surface area contributed by atoms with Crippen LogP contribution in [0.3, 0.4) is 0 Å². The summed E-state index contributed by atoms with van der Waals surface area (Å²) in [5.41, 5.74) is 2.41. The minimum Gasteiger partial charge on any atom is -0.508 e. The fourth-order valence-electron chi connectivity index (χ4n) is 2.66. The van der Waals surface area contributed by atoms with Gasteiger partial charge in [-0.3, -0.25) is 0 Å². The highest BCUT2D eigenvalue weighted by molar-refractivity contribution is 7.80. The molecule has 0 bridgehead atoms. The number of phenolic OH excluding ortho intramolecular Hbond substituents is 1. The van der Waals surface area contributed by atoms with Crippen molar-refractivity contribution in [2.75, 3.05) is 0 Å². The molecule has 20 heavy (non-hydrogen) atoms. The van der Waals surface area contributed by atoms with Gasteiger partial charge in [0.25, 0.3) is 0 Å². The number of rotatable bonds is 10. The van der Waals surface area contributed by atoms with Crippen LogP contribution in [0, 0.1) is 0 Å². The average molecular weight is 295 g/mol. The van der Waals surface area contributed by atoms with Crippen LogP contribution in [0.25, 0.3) is 0 Å². The van der Waals surface area contributed by atoms with E-state index >= 15 is 0 Å². The molecule has 0 aromatic heterocycles. The first-order chi connectivity index (χ1) is 9.70. The lowest BCUT2D eigenvalue weighted by Gasteiger charge is -2.14. The van der Waals surface area contributed by atoms with Crippen LogP contribution in [0.4, 0.5) is 0 Å². The van der Waals surface area contributed by atoms with E-state index in [1.165, 1.54) is 56.9 Å².